The van der Waals surface area contributed by atoms with E-state index in [2.05, 4.69) is 10.3 Å². The lowest BCUT2D eigenvalue weighted by Gasteiger charge is -2.16. The van der Waals surface area contributed by atoms with Crippen LogP contribution in [-0.2, 0) is 4.79 Å². The van der Waals surface area contributed by atoms with Crippen LogP contribution in [-0.4, -0.2) is 17.0 Å². The van der Waals surface area contributed by atoms with Crippen LogP contribution >= 0.6 is 0 Å². The van der Waals surface area contributed by atoms with Gasteiger partial charge >= 0.3 is 0 Å². The van der Waals surface area contributed by atoms with E-state index in [1.54, 1.807) is 25.3 Å². The number of amides is 1. The number of rotatable bonds is 4. The molecule has 1 atom stereocenters. The summed E-state index contributed by atoms with van der Waals surface area (Å²) in [4.78, 5) is 16.1. The van der Waals surface area contributed by atoms with Crippen molar-refractivity contribution < 1.29 is 9.53 Å². The van der Waals surface area contributed by atoms with Crippen molar-refractivity contribution in [2.24, 2.45) is 0 Å². The Labute approximate surface area is 118 Å². The number of nitrogens with one attached hydrogen (secondary N) is 1. The fourth-order valence-corrected chi connectivity index (χ4v) is 1.84. The Bertz CT molecular complexity index is 597. The van der Waals surface area contributed by atoms with Gasteiger partial charge in [-0.2, -0.15) is 0 Å². The van der Waals surface area contributed by atoms with Crippen molar-refractivity contribution >= 4 is 11.7 Å². The minimum atomic E-state index is -0.585. The lowest BCUT2D eigenvalue weighted by molar-refractivity contribution is -0.122. The zero-order chi connectivity index (χ0) is 14.5. The highest BCUT2D eigenvalue weighted by molar-refractivity contribution is 5.93. The van der Waals surface area contributed by atoms with Gasteiger partial charge in [0.05, 0.1) is 0 Å². The van der Waals surface area contributed by atoms with Crippen molar-refractivity contribution in [2.45, 2.75) is 26.9 Å². The summed E-state index contributed by atoms with van der Waals surface area (Å²) in [6, 6.07) is 11.2. The molecule has 0 spiro atoms. The van der Waals surface area contributed by atoms with Crippen LogP contribution in [0.2, 0.25) is 0 Å². The SMILES string of the molecule is Cc1ccc(O[C@@H](C)C(=O)Nc2ccccn2)c(C)c1. The maximum Gasteiger partial charge on any atom is 0.266 e. The van der Waals surface area contributed by atoms with E-state index >= 15 is 0 Å². The summed E-state index contributed by atoms with van der Waals surface area (Å²) in [7, 11) is 0. The monoisotopic (exact) mass is 270 g/mol. The maximum absolute atomic E-state index is 12.0. The third kappa shape index (κ3) is 3.57. The molecule has 1 heterocycles. The molecule has 104 valence electrons. The van der Waals surface area contributed by atoms with E-state index in [-0.39, 0.29) is 5.91 Å². The first kappa shape index (κ1) is 14.1. The minimum Gasteiger partial charge on any atom is -0.481 e. The predicted molar refractivity (Wildman–Crippen MR) is 78.9 cm³/mol. The van der Waals surface area contributed by atoms with E-state index in [0.717, 1.165) is 11.3 Å². The Hall–Kier alpha value is -2.36. The van der Waals surface area contributed by atoms with Crippen LogP contribution in [0.1, 0.15) is 18.1 Å². The number of benzene rings is 1. The molecule has 0 saturated heterocycles. The first-order valence-corrected chi connectivity index (χ1v) is 6.52. The highest BCUT2D eigenvalue weighted by Crippen LogP contribution is 2.20. The smallest absolute Gasteiger partial charge is 0.266 e. The maximum atomic E-state index is 12.0. The quantitative estimate of drug-likeness (QED) is 0.928. The predicted octanol–water partition coefficient (Wildman–Crippen LogP) is 3.10. The Morgan fingerprint density at radius 3 is 2.70 bits per heavy atom. The van der Waals surface area contributed by atoms with Gasteiger partial charge in [-0.25, -0.2) is 4.98 Å². The van der Waals surface area contributed by atoms with Gasteiger partial charge in [-0.15, -0.1) is 0 Å². The molecule has 2 aromatic rings. The lowest BCUT2D eigenvalue weighted by atomic mass is 10.1. The Morgan fingerprint density at radius 1 is 1.25 bits per heavy atom. The number of aryl methyl sites for hydroxylation is 2. The first-order valence-electron chi connectivity index (χ1n) is 6.52. The highest BCUT2D eigenvalue weighted by atomic mass is 16.5. The van der Waals surface area contributed by atoms with E-state index in [9.17, 15) is 4.79 Å². The van der Waals surface area contributed by atoms with Crippen LogP contribution < -0.4 is 10.1 Å². The van der Waals surface area contributed by atoms with E-state index < -0.39 is 6.10 Å². The first-order chi connectivity index (χ1) is 9.56. The second kappa shape index (κ2) is 6.19. The van der Waals surface area contributed by atoms with Crippen molar-refractivity contribution in [3.63, 3.8) is 0 Å². The molecular formula is C16H18N2O2. The summed E-state index contributed by atoms with van der Waals surface area (Å²) < 4.78 is 5.69. The fourth-order valence-electron chi connectivity index (χ4n) is 1.84. The zero-order valence-electron chi connectivity index (χ0n) is 11.9. The molecule has 0 fully saturated rings. The molecule has 4 heteroatoms. The van der Waals surface area contributed by atoms with Gasteiger partial charge in [-0.3, -0.25) is 4.79 Å². The Morgan fingerprint density at radius 2 is 2.05 bits per heavy atom. The summed E-state index contributed by atoms with van der Waals surface area (Å²) in [6.45, 7) is 5.71. The minimum absolute atomic E-state index is 0.219. The van der Waals surface area contributed by atoms with Gasteiger partial charge in [-0.05, 0) is 44.5 Å². The summed E-state index contributed by atoms with van der Waals surface area (Å²) in [6.07, 6.45) is 1.05. The molecule has 0 bridgehead atoms. The van der Waals surface area contributed by atoms with E-state index in [1.165, 1.54) is 5.56 Å². The number of nitrogens with zero attached hydrogens (tertiary/aromatic N) is 1. The van der Waals surface area contributed by atoms with Crippen LogP contribution in [0.5, 0.6) is 5.75 Å². The normalized spacial score (nSPS) is 11.8. The van der Waals surface area contributed by atoms with Crippen molar-refractivity contribution in [3.8, 4) is 5.75 Å². The third-order valence-corrected chi connectivity index (χ3v) is 2.92. The average Bonchev–Trinajstić information content (AvgIpc) is 2.43. The molecule has 4 nitrogen and oxygen atoms in total. The van der Waals surface area contributed by atoms with Gasteiger partial charge in [0.2, 0.25) is 0 Å². The summed E-state index contributed by atoms with van der Waals surface area (Å²) >= 11 is 0. The van der Waals surface area contributed by atoms with Gasteiger partial charge in [0.15, 0.2) is 6.10 Å². The fraction of sp³-hybridized carbons (Fsp3) is 0.250. The summed E-state index contributed by atoms with van der Waals surface area (Å²) in [5.41, 5.74) is 2.18. The van der Waals surface area contributed by atoms with Crippen LogP contribution in [0.25, 0.3) is 0 Å². The van der Waals surface area contributed by atoms with Crippen molar-refractivity contribution in [3.05, 3.63) is 53.7 Å². The second-order valence-corrected chi connectivity index (χ2v) is 4.73. The molecule has 0 unspecified atom stereocenters. The molecule has 1 N–H and O–H groups in total. The number of aromatic nitrogens is 1. The standard InChI is InChI=1S/C16H18N2O2/c1-11-7-8-14(12(2)10-11)20-13(3)16(19)18-15-6-4-5-9-17-15/h4-10,13H,1-3H3,(H,17,18,19)/t13-/m0/s1. The topological polar surface area (TPSA) is 51.2 Å². The third-order valence-electron chi connectivity index (χ3n) is 2.92. The number of hydrogen-bond donors (Lipinski definition) is 1. The molecular weight excluding hydrogens is 252 g/mol. The number of carbonyl (C=O) groups excluding carboxylic acids is 1. The molecule has 20 heavy (non-hydrogen) atoms. The highest BCUT2D eigenvalue weighted by Gasteiger charge is 2.16. The molecule has 1 aromatic carbocycles. The van der Waals surface area contributed by atoms with Gasteiger partial charge < -0.3 is 10.1 Å². The molecule has 0 aliphatic rings. The molecule has 2 rings (SSSR count). The summed E-state index contributed by atoms with van der Waals surface area (Å²) in [5.74, 6) is 1.02. The van der Waals surface area contributed by atoms with Gasteiger partial charge in [0, 0.05) is 6.20 Å². The van der Waals surface area contributed by atoms with Crippen LogP contribution in [0.3, 0.4) is 0 Å². The lowest BCUT2D eigenvalue weighted by Crippen LogP contribution is -2.30. The number of anilines is 1. The number of ether oxygens (including phenoxy) is 1. The molecule has 0 aliphatic carbocycles. The molecule has 1 aromatic heterocycles. The number of hydrogen-bond acceptors (Lipinski definition) is 3. The average molecular weight is 270 g/mol. The van der Waals surface area contributed by atoms with Crippen molar-refractivity contribution in [2.75, 3.05) is 5.32 Å². The van der Waals surface area contributed by atoms with Crippen molar-refractivity contribution in [1.82, 2.24) is 4.98 Å². The van der Waals surface area contributed by atoms with E-state index in [0.29, 0.717) is 5.82 Å². The molecule has 1 amide bonds. The van der Waals surface area contributed by atoms with E-state index in [1.807, 2.05) is 38.1 Å². The Kier molecular flexibility index (Phi) is 4.35. The van der Waals surface area contributed by atoms with Crippen LogP contribution in [0, 0.1) is 13.8 Å². The van der Waals surface area contributed by atoms with Gasteiger partial charge in [-0.1, -0.05) is 23.8 Å². The largest absolute Gasteiger partial charge is 0.481 e. The van der Waals surface area contributed by atoms with Gasteiger partial charge in [0.25, 0.3) is 5.91 Å². The second-order valence-electron chi connectivity index (χ2n) is 4.73. The van der Waals surface area contributed by atoms with Crippen LogP contribution in [0.4, 0.5) is 5.82 Å². The van der Waals surface area contributed by atoms with Crippen molar-refractivity contribution in [1.29, 1.82) is 0 Å². The van der Waals surface area contributed by atoms with Gasteiger partial charge in [0.1, 0.15) is 11.6 Å². The van der Waals surface area contributed by atoms with E-state index in [4.69, 9.17) is 4.74 Å². The number of carbonyl (C=O) groups is 1. The Balaban J connectivity index is 2.00. The molecule has 0 radical (unpaired) electrons. The molecule has 0 aliphatic heterocycles. The summed E-state index contributed by atoms with van der Waals surface area (Å²) in [5, 5.41) is 2.72. The zero-order valence-corrected chi connectivity index (χ0v) is 11.9. The van der Waals surface area contributed by atoms with Crippen LogP contribution in [0.15, 0.2) is 42.6 Å². The number of pyridine rings is 1. The molecule has 0 saturated carbocycles.